The van der Waals surface area contributed by atoms with Crippen molar-refractivity contribution in [3.05, 3.63) is 101 Å². The number of nitrogens with one attached hydrogen (secondary N) is 1. The van der Waals surface area contributed by atoms with Gasteiger partial charge >= 0.3 is 0 Å². The van der Waals surface area contributed by atoms with Crippen molar-refractivity contribution in [3.63, 3.8) is 0 Å². The van der Waals surface area contributed by atoms with Crippen molar-refractivity contribution in [2.75, 3.05) is 5.32 Å². The van der Waals surface area contributed by atoms with Crippen molar-refractivity contribution in [2.45, 2.75) is 56.1 Å². The standard InChI is InChI=1S/C30H28N2O2/c33-26-16-8-9-17-29(26)27(20-10-2-1-3-11-20)25-18-21-12-4-5-13-22(21)19-32(25)30(29)23-14-6-7-15-24(23)31-28(30)34/h1-7,10-15,25,27H,8-9,16-19H2,(H,31,34)/t25-,27-,29+,30-/m0/s1. The fraction of sp³-hybridized carbons (Fsp3) is 0.333. The minimum Gasteiger partial charge on any atom is -0.324 e. The van der Waals surface area contributed by atoms with Crippen LogP contribution in [0.25, 0.3) is 0 Å². The first kappa shape index (κ1) is 20.2. The number of fused-ring (bicyclic) bond motifs is 6. The second-order valence-corrected chi connectivity index (χ2v) is 10.4. The predicted molar refractivity (Wildman–Crippen MR) is 131 cm³/mol. The van der Waals surface area contributed by atoms with Gasteiger partial charge in [-0.3, -0.25) is 14.5 Å². The molecule has 4 aliphatic rings. The molecule has 3 heterocycles. The number of hydrogen-bond donors (Lipinski definition) is 1. The van der Waals surface area contributed by atoms with Crippen molar-refractivity contribution in [1.29, 1.82) is 0 Å². The largest absolute Gasteiger partial charge is 0.324 e. The van der Waals surface area contributed by atoms with Gasteiger partial charge in [-0.15, -0.1) is 0 Å². The molecule has 1 aliphatic carbocycles. The quantitative estimate of drug-likeness (QED) is 0.558. The highest BCUT2D eigenvalue weighted by atomic mass is 16.2. The Morgan fingerprint density at radius 1 is 0.824 bits per heavy atom. The zero-order valence-corrected chi connectivity index (χ0v) is 19.2. The van der Waals surface area contributed by atoms with Gasteiger partial charge in [-0.25, -0.2) is 0 Å². The fourth-order valence-corrected chi connectivity index (χ4v) is 7.92. The van der Waals surface area contributed by atoms with Gasteiger partial charge in [0.05, 0.1) is 5.41 Å². The van der Waals surface area contributed by atoms with Crippen LogP contribution in [0.3, 0.4) is 0 Å². The molecule has 34 heavy (non-hydrogen) atoms. The van der Waals surface area contributed by atoms with E-state index in [1.165, 1.54) is 16.7 Å². The highest BCUT2D eigenvalue weighted by Crippen LogP contribution is 2.69. The average Bonchev–Trinajstić information content (AvgIpc) is 3.31. The van der Waals surface area contributed by atoms with Crippen LogP contribution in [0.15, 0.2) is 78.9 Å². The summed E-state index contributed by atoms with van der Waals surface area (Å²) in [6.07, 6.45) is 4.03. The first-order valence-corrected chi connectivity index (χ1v) is 12.5. The van der Waals surface area contributed by atoms with Gasteiger partial charge in [-0.05, 0) is 42.0 Å². The Bertz CT molecular complexity index is 1320. The van der Waals surface area contributed by atoms with Crippen LogP contribution < -0.4 is 5.32 Å². The summed E-state index contributed by atoms with van der Waals surface area (Å²) >= 11 is 0. The molecule has 0 radical (unpaired) electrons. The van der Waals surface area contributed by atoms with Crippen LogP contribution >= 0.6 is 0 Å². The Balaban J connectivity index is 1.57. The molecule has 3 aromatic rings. The van der Waals surface area contributed by atoms with Crippen LogP contribution in [0, 0.1) is 5.41 Å². The third kappa shape index (κ3) is 2.32. The average molecular weight is 449 g/mol. The SMILES string of the molecule is O=C1Nc2ccccc2[C@]12N1Cc3ccccc3C[C@H]1[C@H](c1ccccc1)[C@]21CCCCC1=O. The minimum absolute atomic E-state index is 0.0215. The number of benzene rings is 3. The van der Waals surface area contributed by atoms with E-state index in [2.05, 4.69) is 64.8 Å². The number of anilines is 1. The summed E-state index contributed by atoms with van der Waals surface area (Å²) in [6, 6.07) is 27.3. The number of para-hydroxylation sites is 1. The smallest absolute Gasteiger partial charge is 0.250 e. The maximum absolute atomic E-state index is 14.3. The lowest BCUT2D eigenvalue weighted by molar-refractivity contribution is -0.149. The first-order valence-electron chi connectivity index (χ1n) is 12.5. The molecule has 170 valence electrons. The molecule has 7 rings (SSSR count). The van der Waals surface area contributed by atoms with Gasteiger partial charge in [0.2, 0.25) is 0 Å². The highest BCUT2D eigenvalue weighted by Gasteiger charge is 2.76. The lowest BCUT2D eigenvalue weighted by atomic mass is 9.53. The maximum Gasteiger partial charge on any atom is 0.250 e. The van der Waals surface area contributed by atoms with Crippen molar-refractivity contribution in [3.8, 4) is 0 Å². The molecule has 2 fully saturated rings. The molecule has 1 N–H and O–H groups in total. The number of ketones is 1. The van der Waals surface area contributed by atoms with Crippen LogP contribution in [0.1, 0.15) is 53.9 Å². The van der Waals surface area contributed by atoms with Crippen LogP contribution in [0.2, 0.25) is 0 Å². The summed E-state index contributed by atoms with van der Waals surface area (Å²) < 4.78 is 0. The molecule has 4 heteroatoms. The monoisotopic (exact) mass is 448 g/mol. The lowest BCUT2D eigenvalue weighted by Crippen LogP contribution is -2.60. The van der Waals surface area contributed by atoms with E-state index in [9.17, 15) is 9.59 Å². The van der Waals surface area contributed by atoms with Crippen molar-refractivity contribution < 1.29 is 9.59 Å². The molecule has 3 aromatic carbocycles. The summed E-state index contributed by atoms with van der Waals surface area (Å²) in [5.41, 5.74) is 3.86. The topological polar surface area (TPSA) is 49.4 Å². The molecule has 1 saturated heterocycles. The summed E-state index contributed by atoms with van der Waals surface area (Å²) in [7, 11) is 0. The predicted octanol–water partition coefficient (Wildman–Crippen LogP) is 5.19. The van der Waals surface area contributed by atoms with E-state index >= 15 is 0 Å². The Hall–Kier alpha value is -3.24. The van der Waals surface area contributed by atoms with Crippen LogP contribution in [0.4, 0.5) is 5.69 Å². The summed E-state index contributed by atoms with van der Waals surface area (Å²) in [6.45, 7) is 0.682. The van der Waals surface area contributed by atoms with Gasteiger partial charge in [0.15, 0.2) is 0 Å². The van der Waals surface area contributed by atoms with Crippen LogP contribution in [-0.2, 0) is 28.1 Å². The molecular weight excluding hydrogens is 420 g/mol. The molecule has 0 bridgehead atoms. The van der Waals surface area contributed by atoms with Gasteiger partial charge in [-0.1, -0.05) is 79.2 Å². The van der Waals surface area contributed by atoms with E-state index in [4.69, 9.17) is 0 Å². The van der Waals surface area contributed by atoms with Gasteiger partial charge in [-0.2, -0.15) is 0 Å². The third-order valence-electron chi connectivity index (χ3n) is 9.06. The lowest BCUT2D eigenvalue weighted by Gasteiger charge is -2.49. The van der Waals surface area contributed by atoms with Gasteiger partial charge < -0.3 is 5.32 Å². The van der Waals surface area contributed by atoms with E-state index in [0.29, 0.717) is 13.0 Å². The molecular formula is C30H28N2O2. The Labute approximate surface area is 200 Å². The molecule has 4 atom stereocenters. The number of Topliss-reactive ketones (excluding diaryl/α,β-unsaturated/α-hetero) is 1. The van der Waals surface area contributed by atoms with E-state index in [-0.39, 0.29) is 23.7 Å². The number of rotatable bonds is 1. The summed E-state index contributed by atoms with van der Waals surface area (Å²) in [5, 5.41) is 3.22. The maximum atomic E-state index is 14.3. The van der Waals surface area contributed by atoms with E-state index in [1.807, 2.05) is 24.3 Å². The minimum atomic E-state index is -0.986. The van der Waals surface area contributed by atoms with Gasteiger partial charge in [0, 0.05) is 36.2 Å². The first-order chi connectivity index (χ1) is 16.7. The Morgan fingerprint density at radius 2 is 1.56 bits per heavy atom. The highest BCUT2D eigenvalue weighted by molar-refractivity contribution is 6.11. The second kappa shape index (κ2) is 7.13. The third-order valence-corrected chi connectivity index (χ3v) is 9.06. The molecule has 3 aliphatic heterocycles. The van der Waals surface area contributed by atoms with Crippen molar-refractivity contribution in [2.24, 2.45) is 5.41 Å². The summed E-state index contributed by atoms with van der Waals surface area (Å²) in [5.74, 6) is 0.205. The van der Waals surface area contributed by atoms with E-state index in [1.54, 1.807) is 0 Å². The van der Waals surface area contributed by atoms with E-state index in [0.717, 1.165) is 36.9 Å². The van der Waals surface area contributed by atoms with Crippen LogP contribution in [-0.4, -0.2) is 22.6 Å². The molecule has 1 saturated carbocycles. The number of hydrogen-bond acceptors (Lipinski definition) is 3. The van der Waals surface area contributed by atoms with Gasteiger partial charge in [0.25, 0.3) is 5.91 Å². The van der Waals surface area contributed by atoms with E-state index < -0.39 is 11.0 Å². The molecule has 2 spiro atoms. The van der Waals surface area contributed by atoms with Crippen LogP contribution in [0.5, 0.6) is 0 Å². The normalized spacial score (nSPS) is 31.9. The molecule has 0 unspecified atom stereocenters. The number of nitrogens with zero attached hydrogens (tertiary/aromatic N) is 1. The molecule has 0 aromatic heterocycles. The Kier molecular flexibility index (Phi) is 4.23. The fourth-order valence-electron chi connectivity index (χ4n) is 7.92. The zero-order chi connectivity index (χ0) is 22.9. The number of amides is 1. The van der Waals surface area contributed by atoms with Crippen molar-refractivity contribution in [1.82, 2.24) is 4.90 Å². The Morgan fingerprint density at radius 3 is 2.38 bits per heavy atom. The second-order valence-electron chi connectivity index (χ2n) is 10.4. The zero-order valence-electron chi connectivity index (χ0n) is 19.2. The molecule has 1 amide bonds. The molecule has 4 nitrogen and oxygen atoms in total. The summed E-state index contributed by atoms with van der Waals surface area (Å²) in [4.78, 5) is 31.1. The number of carbonyl (C=O) groups excluding carboxylic acids is 2. The van der Waals surface area contributed by atoms with Gasteiger partial charge in [0.1, 0.15) is 11.3 Å². The van der Waals surface area contributed by atoms with Crippen molar-refractivity contribution >= 4 is 17.4 Å². The number of carbonyl (C=O) groups is 2.